The molecule has 1 unspecified atom stereocenters. The molecule has 0 saturated carbocycles. The van der Waals surface area contributed by atoms with Crippen LogP contribution < -0.4 is 10.2 Å². The van der Waals surface area contributed by atoms with Gasteiger partial charge < -0.3 is 15.3 Å². The molecule has 0 aliphatic carbocycles. The summed E-state index contributed by atoms with van der Waals surface area (Å²) in [6.07, 6.45) is 0.205. The Morgan fingerprint density at radius 3 is 2.47 bits per heavy atom. The molecule has 0 spiro atoms. The number of nitrogens with zero attached hydrogens (tertiary/aromatic N) is 1. The summed E-state index contributed by atoms with van der Waals surface area (Å²) >= 11 is 0. The number of anilines is 2. The smallest absolute Gasteiger partial charge is 0.303 e. The summed E-state index contributed by atoms with van der Waals surface area (Å²) < 4.78 is 0. The van der Waals surface area contributed by atoms with E-state index in [0.717, 1.165) is 11.4 Å². The first-order valence-electron chi connectivity index (χ1n) is 6.18. The average molecular weight is 264 g/mol. The number of carboxylic acid groups (broad SMARTS) is 1. The first-order valence-corrected chi connectivity index (χ1v) is 6.18. The first-order chi connectivity index (χ1) is 8.90. The molecular weight excluding hydrogens is 244 g/mol. The van der Waals surface area contributed by atoms with E-state index in [4.69, 9.17) is 5.11 Å². The number of rotatable bonds is 6. The third-order valence-corrected chi connectivity index (χ3v) is 2.72. The second-order valence-electron chi connectivity index (χ2n) is 4.87. The van der Waals surface area contributed by atoms with Crippen molar-refractivity contribution in [2.24, 2.45) is 5.92 Å². The lowest BCUT2D eigenvalue weighted by Crippen LogP contribution is -2.19. The summed E-state index contributed by atoms with van der Waals surface area (Å²) in [5.74, 6) is -1.22. The van der Waals surface area contributed by atoms with Crippen molar-refractivity contribution in [3.05, 3.63) is 24.3 Å². The highest BCUT2D eigenvalue weighted by Crippen LogP contribution is 2.24. The number of hydrogen-bond donors (Lipinski definition) is 2. The maximum absolute atomic E-state index is 11.9. The van der Waals surface area contributed by atoms with E-state index < -0.39 is 5.97 Å². The van der Waals surface area contributed by atoms with Crippen LogP contribution in [0.1, 0.15) is 19.8 Å². The maximum Gasteiger partial charge on any atom is 0.303 e. The van der Waals surface area contributed by atoms with Gasteiger partial charge in [0.15, 0.2) is 0 Å². The molecule has 5 nitrogen and oxygen atoms in total. The first kappa shape index (κ1) is 15.0. The van der Waals surface area contributed by atoms with E-state index >= 15 is 0 Å². The van der Waals surface area contributed by atoms with Gasteiger partial charge in [0.1, 0.15) is 0 Å². The number of carbonyl (C=O) groups is 2. The molecule has 0 aliphatic rings. The van der Waals surface area contributed by atoms with Crippen molar-refractivity contribution in [3.63, 3.8) is 0 Å². The normalized spacial score (nSPS) is 11.7. The Kier molecular flexibility index (Phi) is 5.36. The average Bonchev–Trinajstić information content (AvgIpc) is 2.27. The minimum Gasteiger partial charge on any atom is -0.481 e. The molecule has 1 aromatic carbocycles. The molecule has 0 aliphatic heterocycles. The topological polar surface area (TPSA) is 69.6 Å². The fourth-order valence-electron chi connectivity index (χ4n) is 1.86. The Morgan fingerprint density at radius 1 is 1.26 bits per heavy atom. The third-order valence-electron chi connectivity index (χ3n) is 2.72. The van der Waals surface area contributed by atoms with Crippen LogP contribution in [0.4, 0.5) is 11.4 Å². The Morgan fingerprint density at radius 2 is 1.89 bits per heavy atom. The van der Waals surface area contributed by atoms with Gasteiger partial charge in [0.2, 0.25) is 5.91 Å². The summed E-state index contributed by atoms with van der Waals surface area (Å²) in [7, 11) is 3.80. The van der Waals surface area contributed by atoms with E-state index in [2.05, 4.69) is 5.32 Å². The lowest BCUT2D eigenvalue weighted by molar-refractivity contribution is -0.138. The molecule has 1 rings (SSSR count). The van der Waals surface area contributed by atoms with E-state index in [1.807, 2.05) is 43.3 Å². The summed E-state index contributed by atoms with van der Waals surface area (Å²) in [5, 5.41) is 11.5. The van der Waals surface area contributed by atoms with Crippen LogP contribution in [-0.4, -0.2) is 31.1 Å². The van der Waals surface area contributed by atoms with Crippen LogP contribution in [0, 0.1) is 5.92 Å². The van der Waals surface area contributed by atoms with Gasteiger partial charge in [-0.15, -0.1) is 0 Å². The number of aliphatic carboxylic acids is 1. The van der Waals surface area contributed by atoms with Gasteiger partial charge in [-0.2, -0.15) is 0 Å². The number of para-hydroxylation sites is 2. The van der Waals surface area contributed by atoms with E-state index in [0.29, 0.717) is 0 Å². The van der Waals surface area contributed by atoms with E-state index in [9.17, 15) is 9.59 Å². The number of carbonyl (C=O) groups excluding carboxylic acids is 1. The molecule has 1 amide bonds. The van der Waals surface area contributed by atoms with Gasteiger partial charge in [-0.1, -0.05) is 19.1 Å². The fourth-order valence-corrected chi connectivity index (χ4v) is 1.86. The van der Waals surface area contributed by atoms with Crippen molar-refractivity contribution in [1.29, 1.82) is 0 Å². The second-order valence-corrected chi connectivity index (χ2v) is 4.87. The van der Waals surface area contributed by atoms with Crippen molar-refractivity contribution in [3.8, 4) is 0 Å². The number of carboxylic acids is 1. The van der Waals surface area contributed by atoms with Crippen molar-refractivity contribution in [2.75, 3.05) is 24.3 Å². The SMILES string of the molecule is CC(CC(=O)O)CC(=O)Nc1ccccc1N(C)C. The molecule has 0 saturated heterocycles. The molecule has 19 heavy (non-hydrogen) atoms. The van der Waals surface area contributed by atoms with Crippen LogP contribution in [0.15, 0.2) is 24.3 Å². The molecule has 0 fully saturated rings. The number of hydrogen-bond acceptors (Lipinski definition) is 3. The van der Waals surface area contributed by atoms with Gasteiger partial charge in [-0.3, -0.25) is 9.59 Å². The zero-order valence-corrected chi connectivity index (χ0v) is 11.5. The Balaban J connectivity index is 2.64. The van der Waals surface area contributed by atoms with Crippen LogP contribution >= 0.6 is 0 Å². The predicted molar refractivity (Wildman–Crippen MR) is 75.4 cm³/mol. The fraction of sp³-hybridized carbons (Fsp3) is 0.429. The zero-order chi connectivity index (χ0) is 14.4. The van der Waals surface area contributed by atoms with Crippen LogP contribution in [0.25, 0.3) is 0 Å². The van der Waals surface area contributed by atoms with Crippen molar-refractivity contribution < 1.29 is 14.7 Å². The van der Waals surface area contributed by atoms with Gasteiger partial charge in [0.25, 0.3) is 0 Å². The van der Waals surface area contributed by atoms with E-state index in [-0.39, 0.29) is 24.7 Å². The Bertz CT molecular complexity index is 458. The molecule has 104 valence electrons. The van der Waals surface area contributed by atoms with Gasteiger partial charge in [-0.05, 0) is 18.1 Å². The van der Waals surface area contributed by atoms with E-state index in [1.165, 1.54) is 0 Å². The highest BCUT2D eigenvalue weighted by molar-refractivity contribution is 5.94. The molecule has 5 heteroatoms. The summed E-state index contributed by atoms with van der Waals surface area (Å²) in [6, 6.07) is 7.49. The highest BCUT2D eigenvalue weighted by atomic mass is 16.4. The molecule has 1 atom stereocenters. The minimum absolute atomic E-state index is 0.00273. The number of nitrogens with one attached hydrogen (secondary N) is 1. The van der Waals surface area contributed by atoms with Crippen molar-refractivity contribution in [1.82, 2.24) is 0 Å². The van der Waals surface area contributed by atoms with Gasteiger partial charge >= 0.3 is 5.97 Å². The number of benzene rings is 1. The van der Waals surface area contributed by atoms with Crippen LogP contribution in [0.2, 0.25) is 0 Å². The minimum atomic E-state index is -0.881. The summed E-state index contributed by atoms with van der Waals surface area (Å²) in [5.41, 5.74) is 1.65. The lowest BCUT2D eigenvalue weighted by Gasteiger charge is -2.18. The standard InChI is InChI=1S/C14H20N2O3/c1-10(9-14(18)19)8-13(17)15-11-6-4-5-7-12(11)16(2)3/h4-7,10H,8-9H2,1-3H3,(H,15,17)(H,18,19). The zero-order valence-electron chi connectivity index (χ0n) is 11.5. The van der Waals surface area contributed by atoms with Gasteiger partial charge in [0, 0.05) is 26.9 Å². The highest BCUT2D eigenvalue weighted by Gasteiger charge is 2.14. The molecule has 0 aromatic heterocycles. The Labute approximate surface area is 113 Å². The monoisotopic (exact) mass is 264 g/mol. The lowest BCUT2D eigenvalue weighted by atomic mass is 10.0. The molecule has 0 heterocycles. The third kappa shape index (κ3) is 4.99. The van der Waals surface area contributed by atoms with E-state index in [1.54, 1.807) is 6.92 Å². The molecule has 1 aromatic rings. The summed E-state index contributed by atoms with van der Waals surface area (Å²) in [4.78, 5) is 24.3. The van der Waals surface area contributed by atoms with Crippen LogP contribution in [0.5, 0.6) is 0 Å². The quantitative estimate of drug-likeness (QED) is 0.826. The van der Waals surface area contributed by atoms with Crippen LogP contribution in [0.3, 0.4) is 0 Å². The maximum atomic E-state index is 11.9. The predicted octanol–water partition coefficient (Wildman–Crippen LogP) is 2.19. The molecule has 2 N–H and O–H groups in total. The molecule has 0 bridgehead atoms. The second kappa shape index (κ2) is 6.78. The summed E-state index contributed by atoms with van der Waals surface area (Å²) in [6.45, 7) is 1.76. The van der Waals surface area contributed by atoms with Crippen molar-refractivity contribution >= 4 is 23.3 Å². The Hall–Kier alpha value is -2.04. The molecule has 0 radical (unpaired) electrons. The van der Waals surface area contributed by atoms with Gasteiger partial charge in [0.05, 0.1) is 11.4 Å². The molecular formula is C14H20N2O3. The number of amides is 1. The largest absolute Gasteiger partial charge is 0.481 e. The van der Waals surface area contributed by atoms with Gasteiger partial charge in [-0.25, -0.2) is 0 Å². The van der Waals surface area contributed by atoms with Crippen LogP contribution in [-0.2, 0) is 9.59 Å². The van der Waals surface area contributed by atoms with Crippen molar-refractivity contribution in [2.45, 2.75) is 19.8 Å².